The molecule has 1 N–H and O–H groups in total. The highest BCUT2D eigenvalue weighted by atomic mass is 32.2. The maximum absolute atomic E-state index is 12.3. The van der Waals surface area contributed by atoms with Crippen LogP contribution in [0.2, 0.25) is 0 Å². The predicted molar refractivity (Wildman–Crippen MR) is 95.6 cm³/mol. The van der Waals surface area contributed by atoms with E-state index < -0.39 is 0 Å². The van der Waals surface area contributed by atoms with E-state index in [2.05, 4.69) is 27.6 Å². The van der Waals surface area contributed by atoms with Gasteiger partial charge in [-0.05, 0) is 30.7 Å². The Bertz CT molecular complexity index is 791. The van der Waals surface area contributed by atoms with Crippen LogP contribution in [0.1, 0.15) is 12.5 Å². The highest BCUT2D eigenvalue weighted by Gasteiger charge is 2.14. The zero-order valence-corrected chi connectivity index (χ0v) is 14.0. The Morgan fingerprint density at radius 3 is 2.79 bits per heavy atom. The topological polar surface area (TPSA) is 68.0 Å². The number of aromatic nitrogens is 2. The molecule has 0 aliphatic heterocycles. The number of anilines is 1. The average molecular weight is 339 g/mol. The first-order chi connectivity index (χ1) is 11.7. The van der Waals surface area contributed by atoms with Gasteiger partial charge in [0.2, 0.25) is 18.2 Å². The van der Waals surface area contributed by atoms with Crippen LogP contribution >= 0.6 is 11.8 Å². The molecule has 0 aliphatic rings. The summed E-state index contributed by atoms with van der Waals surface area (Å²) in [7, 11) is 0. The number of rotatable bonds is 6. The zero-order chi connectivity index (χ0) is 16.8. The molecule has 0 radical (unpaired) electrons. The number of amides is 1. The molecule has 24 heavy (non-hydrogen) atoms. The minimum absolute atomic E-state index is 0.0291. The Kier molecular flexibility index (Phi) is 5.28. The fourth-order valence-electron chi connectivity index (χ4n) is 2.14. The molecule has 0 saturated heterocycles. The predicted octanol–water partition coefficient (Wildman–Crippen LogP) is 4.00. The van der Waals surface area contributed by atoms with E-state index in [0.717, 1.165) is 11.3 Å². The van der Waals surface area contributed by atoms with Crippen LogP contribution in [0, 0.1) is 0 Å². The van der Waals surface area contributed by atoms with Crippen LogP contribution in [0.5, 0.6) is 0 Å². The van der Waals surface area contributed by atoms with Crippen molar-refractivity contribution in [1.82, 2.24) is 10.2 Å². The molecular formula is C18H17N3O2S. The molecule has 6 heteroatoms. The molecule has 2 aromatic carbocycles. The van der Waals surface area contributed by atoms with Crippen LogP contribution < -0.4 is 5.32 Å². The van der Waals surface area contributed by atoms with E-state index in [9.17, 15) is 4.79 Å². The molecule has 0 saturated carbocycles. The van der Waals surface area contributed by atoms with E-state index >= 15 is 0 Å². The highest BCUT2D eigenvalue weighted by molar-refractivity contribution is 7.99. The Balaban J connectivity index is 1.59. The molecule has 0 fully saturated rings. The summed E-state index contributed by atoms with van der Waals surface area (Å²) >= 11 is 1.61. The van der Waals surface area contributed by atoms with Gasteiger partial charge in [-0.3, -0.25) is 4.79 Å². The highest BCUT2D eigenvalue weighted by Crippen LogP contribution is 2.22. The molecule has 5 nitrogen and oxygen atoms in total. The van der Waals surface area contributed by atoms with Gasteiger partial charge < -0.3 is 9.73 Å². The maximum atomic E-state index is 12.3. The first kappa shape index (κ1) is 16.3. The second kappa shape index (κ2) is 7.79. The summed E-state index contributed by atoms with van der Waals surface area (Å²) in [6.45, 7) is 1.91. The minimum Gasteiger partial charge on any atom is -0.423 e. The molecule has 1 amide bonds. The molecular weight excluding hydrogens is 322 g/mol. The second-order valence-electron chi connectivity index (χ2n) is 5.25. The summed E-state index contributed by atoms with van der Waals surface area (Å²) < 4.78 is 5.18. The third-order valence-corrected chi connectivity index (χ3v) is 4.66. The summed E-state index contributed by atoms with van der Waals surface area (Å²) in [5.74, 6) is 1.20. The largest absolute Gasteiger partial charge is 0.423 e. The molecule has 0 aliphatic carbocycles. The van der Waals surface area contributed by atoms with Crippen molar-refractivity contribution in [2.75, 3.05) is 5.32 Å². The summed E-state index contributed by atoms with van der Waals surface area (Å²) in [6.07, 6.45) is 1.28. The van der Waals surface area contributed by atoms with Gasteiger partial charge in [-0.1, -0.05) is 36.4 Å². The average Bonchev–Trinajstić information content (AvgIpc) is 3.15. The van der Waals surface area contributed by atoms with Crippen molar-refractivity contribution in [3.63, 3.8) is 0 Å². The fourth-order valence-corrected chi connectivity index (χ4v) is 2.99. The van der Waals surface area contributed by atoms with Crippen molar-refractivity contribution in [3.8, 4) is 11.5 Å². The number of carbonyl (C=O) groups is 1. The van der Waals surface area contributed by atoms with Crippen molar-refractivity contribution < 1.29 is 9.21 Å². The third-order valence-electron chi connectivity index (χ3n) is 3.45. The zero-order valence-electron chi connectivity index (χ0n) is 13.2. The van der Waals surface area contributed by atoms with Crippen LogP contribution in [0.4, 0.5) is 5.69 Å². The van der Waals surface area contributed by atoms with E-state index in [1.807, 2.05) is 49.4 Å². The smallest absolute Gasteiger partial charge is 0.247 e. The van der Waals surface area contributed by atoms with Gasteiger partial charge in [0.05, 0.1) is 5.25 Å². The number of hydrogen-bond donors (Lipinski definition) is 1. The normalized spacial score (nSPS) is 11.9. The van der Waals surface area contributed by atoms with Gasteiger partial charge in [0, 0.05) is 17.0 Å². The maximum Gasteiger partial charge on any atom is 0.247 e. The van der Waals surface area contributed by atoms with Crippen LogP contribution in [0.25, 0.3) is 11.5 Å². The lowest BCUT2D eigenvalue weighted by atomic mass is 10.2. The van der Waals surface area contributed by atoms with Crippen molar-refractivity contribution in [2.24, 2.45) is 0 Å². The Morgan fingerprint density at radius 2 is 2.04 bits per heavy atom. The lowest BCUT2D eigenvalue weighted by Crippen LogP contribution is -2.22. The Morgan fingerprint density at radius 1 is 1.21 bits per heavy atom. The molecule has 3 rings (SSSR count). The lowest BCUT2D eigenvalue weighted by molar-refractivity contribution is -0.115. The molecule has 1 heterocycles. The first-order valence-electron chi connectivity index (χ1n) is 7.55. The lowest BCUT2D eigenvalue weighted by Gasteiger charge is -2.12. The van der Waals surface area contributed by atoms with Crippen molar-refractivity contribution >= 4 is 23.4 Å². The SMILES string of the molecule is CC(SCc1ccccc1)C(=O)Nc1cccc(-c2nnco2)c1. The number of nitrogens with one attached hydrogen (secondary N) is 1. The molecule has 0 bridgehead atoms. The van der Waals surface area contributed by atoms with E-state index in [1.165, 1.54) is 12.0 Å². The summed E-state index contributed by atoms with van der Waals surface area (Å²) in [5.41, 5.74) is 2.69. The molecule has 1 atom stereocenters. The summed E-state index contributed by atoms with van der Waals surface area (Å²) in [6, 6.07) is 17.5. The van der Waals surface area contributed by atoms with Gasteiger partial charge >= 0.3 is 0 Å². The summed E-state index contributed by atoms with van der Waals surface area (Å²) in [5, 5.41) is 10.3. The van der Waals surface area contributed by atoms with Crippen LogP contribution in [0.15, 0.2) is 65.4 Å². The molecule has 3 aromatic rings. The monoisotopic (exact) mass is 339 g/mol. The van der Waals surface area contributed by atoms with Crippen LogP contribution in [0.3, 0.4) is 0 Å². The molecule has 122 valence electrons. The van der Waals surface area contributed by atoms with Gasteiger partial charge in [-0.25, -0.2) is 0 Å². The second-order valence-corrected chi connectivity index (χ2v) is 6.58. The third kappa shape index (κ3) is 4.23. The van der Waals surface area contributed by atoms with Gasteiger partial charge in [0.25, 0.3) is 0 Å². The molecule has 1 unspecified atom stereocenters. The first-order valence-corrected chi connectivity index (χ1v) is 8.60. The minimum atomic E-state index is -0.155. The standard InChI is InChI=1S/C18H17N3O2S/c1-13(24-11-14-6-3-2-4-7-14)17(22)20-16-9-5-8-15(10-16)18-21-19-12-23-18/h2-10,12-13H,11H2,1H3,(H,20,22). The number of thioether (sulfide) groups is 1. The molecule has 1 aromatic heterocycles. The van der Waals surface area contributed by atoms with Crippen molar-refractivity contribution in [1.29, 1.82) is 0 Å². The summed E-state index contributed by atoms with van der Waals surface area (Å²) in [4.78, 5) is 12.3. The van der Waals surface area contributed by atoms with Crippen molar-refractivity contribution in [2.45, 2.75) is 17.9 Å². The quantitative estimate of drug-likeness (QED) is 0.735. The van der Waals surface area contributed by atoms with Crippen molar-refractivity contribution in [3.05, 3.63) is 66.6 Å². The van der Waals surface area contributed by atoms with Crippen LogP contribution in [-0.2, 0) is 10.5 Å². The Hall–Kier alpha value is -2.60. The number of carbonyl (C=O) groups excluding carboxylic acids is 1. The number of nitrogens with zero attached hydrogens (tertiary/aromatic N) is 2. The van der Waals surface area contributed by atoms with Crippen LogP contribution in [-0.4, -0.2) is 21.4 Å². The van der Waals surface area contributed by atoms with E-state index in [4.69, 9.17) is 4.42 Å². The van der Waals surface area contributed by atoms with E-state index in [1.54, 1.807) is 11.8 Å². The van der Waals surface area contributed by atoms with Gasteiger partial charge in [0.15, 0.2) is 0 Å². The molecule has 0 spiro atoms. The van der Waals surface area contributed by atoms with Gasteiger partial charge in [-0.15, -0.1) is 22.0 Å². The van der Waals surface area contributed by atoms with E-state index in [0.29, 0.717) is 11.6 Å². The van der Waals surface area contributed by atoms with Gasteiger partial charge in [-0.2, -0.15) is 0 Å². The Labute approximate surface area is 144 Å². The number of hydrogen-bond acceptors (Lipinski definition) is 5. The fraction of sp³-hybridized carbons (Fsp3) is 0.167. The number of benzene rings is 2. The van der Waals surface area contributed by atoms with E-state index in [-0.39, 0.29) is 11.2 Å². The van der Waals surface area contributed by atoms with Gasteiger partial charge in [0.1, 0.15) is 0 Å².